The Kier molecular flexibility index (Phi) is 58.7. The summed E-state index contributed by atoms with van der Waals surface area (Å²) in [5.74, 6) is 0.166. The van der Waals surface area contributed by atoms with Crippen molar-refractivity contribution in [3.63, 3.8) is 0 Å². The fourth-order valence-corrected chi connectivity index (χ4v) is 11.9. The molecule has 88 heavy (non-hydrogen) atoms. The van der Waals surface area contributed by atoms with Gasteiger partial charge in [0.15, 0.2) is 12.2 Å². The highest BCUT2D eigenvalue weighted by Crippen LogP contribution is 2.45. The zero-order valence-electron chi connectivity index (χ0n) is 57.2. The maximum Gasteiger partial charge on any atom is 0.472 e. The summed E-state index contributed by atoms with van der Waals surface area (Å²) in [5.41, 5.74) is 0. The predicted octanol–water partition coefficient (Wildman–Crippen LogP) is 19.5. The summed E-state index contributed by atoms with van der Waals surface area (Å²) in [6.07, 6.45) is 43.2. The average Bonchev–Trinajstić information content (AvgIpc) is 3.65. The van der Waals surface area contributed by atoms with Crippen molar-refractivity contribution in [3.05, 3.63) is 0 Å². The van der Waals surface area contributed by atoms with Gasteiger partial charge in [-0.3, -0.25) is 37.3 Å². The molecular formula is C69H134O17P2. The number of esters is 4. The SMILES string of the molecule is CCCCCCCCCC(=O)OC[C@H](COP(=O)(O)OC[C@H](O)COP(=O)(O)OC[C@@H](COC(=O)CCCCCCCCCCCCC(C)C)OC(=O)CCCCCCCCCCCCCCCCC(C)CC)OC(=O)CCCCCCCCCC(C)C. The lowest BCUT2D eigenvalue weighted by Crippen LogP contribution is -2.30. The average molecular weight is 1300 g/mol. The molecule has 0 aliphatic heterocycles. The van der Waals surface area contributed by atoms with Crippen LogP contribution in [-0.2, 0) is 65.4 Å². The Balaban J connectivity index is 5.20. The number of phosphoric acid groups is 2. The van der Waals surface area contributed by atoms with Crippen molar-refractivity contribution in [1.82, 2.24) is 0 Å². The van der Waals surface area contributed by atoms with Gasteiger partial charge < -0.3 is 33.8 Å². The molecule has 0 amide bonds. The minimum absolute atomic E-state index is 0.103. The van der Waals surface area contributed by atoms with Crippen LogP contribution in [-0.4, -0.2) is 96.7 Å². The number of ether oxygens (including phenoxy) is 4. The molecule has 0 bridgehead atoms. The highest BCUT2D eigenvalue weighted by Gasteiger charge is 2.30. The molecule has 17 nitrogen and oxygen atoms in total. The molecule has 0 aliphatic rings. The van der Waals surface area contributed by atoms with Crippen molar-refractivity contribution in [1.29, 1.82) is 0 Å². The van der Waals surface area contributed by atoms with E-state index in [4.69, 9.17) is 37.0 Å². The van der Waals surface area contributed by atoms with Crippen LogP contribution < -0.4 is 0 Å². The smallest absolute Gasteiger partial charge is 0.462 e. The molecule has 0 heterocycles. The molecular weight excluding hydrogens is 1160 g/mol. The molecule has 0 aromatic heterocycles. The van der Waals surface area contributed by atoms with Crippen molar-refractivity contribution in [2.75, 3.05) is 39.6 Å². The van der Waals surface area contributed by atoms with Crippen LogP contribution in [0, 0.1) is 17.8 Å². The maximum atomic E-state index is 13.0. The lowest BCUT2D eigenvalue weighted by Gasteiger charge is -2.21. The Morgan fingerprint density at radius 1 is 0.330 bits per heavy atom. The van der Waals surface area contributed by atoms with Crippen LogP contribution in [0.2, 0.25) is 0 Å². The molecule has 0 radical (unpaired) electrons. The highest BCUT2D eigenvalue weighted by molar-refractivity contribution is 7.47. The van der Waals surface area contributed by atoms with Gasteiger partial charge in [-0.25, -0.2) is 9.13 Å². The van der Waals surface area contributed by atoms with Crippen LogP contribution in [0.5, 0.6) is 0 Å². The third-order valence-corrected chi connectivity index (χ3v) is 18.1. The number of hydrogen-bond acceptors (Lipinski definition) is 15. The van der Waals surface area contributed by atoms with Gasteiger partial charge in [-0.05, 0) is 43.4 Å². The normalized spacial score (nSPS) is 14.5. The second-order valence-corrected chi connectivity index (χ2v) is 29.0. The van der Waals surface area contributed by atoms with Crippen molar-refractivity contribution in [2.45, 2.75) is 362 Å². The van der Waals surface area contributed by atoms with E-state index in [-0.39, 0.29) is 25.7 Å². The van der Waals surface area contributed by atoms with Crippen LogP contribution in [0.1, 0.15) is 344 Å². The van der Waals surface area contributed by atoms with Crippen LogP contribution in [0.3, 0.4) is 0 Å². The summed E-state index contributed by atoms with van der Waals surface area (Å²) in [6, 6.07) is 0. The van der Waals surface area contributed by atoms with Crippen molar-refractivity contribution in [2.24, 2.45) is 17.8 Å². The van der Waals surface area contributed by atoms with Gasteiger partial charge in [-0.15, -0.1) is 0 Å². The molecule has 3 N–H and O–H groups in total. The molecule has 0 saturated carbocycles. The third-order valence-electron chi connectivity index (χ3n) is 16.2. The zero-order valence-corrected chi connectivity index (χ0v) is 59.0. The Labute approximate surface area is 537 Å². The molecule has 0 saturated heterocycles. The number of carbonyl (C=O) groups excluding carboxylic acids is 4. The third kappa shape index (κ3) is 61.6. The Bertz CT molecular complexity index is 1730. The van der Waals surface area contributed by atoms with Crippen molar-refractivity contribution < 1.29 is 80.2 Å². The predicted molar refractivity (Wildman–Crippen MR) is 354 cm³/mol. The first kappa shape index (κ1) is 86.1. The summed E-state index contributed by atoms with van der Waals surface area (Å²) < 4.78 is 68.1. The molecule has 19 heteroatoms. The highest BCUT2D eigenvalue weighted by atomic mass is 31.2. The minimum Gasteiger partial charge on any atom is -0.462 e. The van der Waals surface area contributed by atoms with Crippen LogP contribution in [0.4, 0.5) is 0 Å². The van der Waals surface area contributed by atoms with Crippen molar-refractivity contribution in [3.8, 4) is 0 Å². The van der Waals surface area contributed by atoms with E-state index < -0.39 is 97.5 Å². The lowest BCUT2D eigenvalue weighted by atomic mass is 9.99. The van der Waals surface area contributed by atoms with Gasteiger partial charge in [-0.2, -0.15) is 0 Å². The molecule has 522 valence electrons. The number of rotatable bonds is 67. The van der Waals surface area contributed by atoms with Crippen LogP contribution in [0.15, 0.2) is 0 Å². The van der Waals surface area contributed by atoms with Gasteiger partial charge in [0.05, 0.1) is 26.4 Å². The fourth-order valence-electron chi connectivity index (χ4n) is 10.3. The first-order valence-corrected chi connectivity index (χ1v) is 38.9. The van der Waals surface area contributed by atoms with Gasteiger partial charge in [0.1, 0.15) is 19.3 Å². The van der Waals surface area contributed by atoms with Gasteiger partial charge in [0, 0.05) is 25.7 Å². The molecule has 3 unspecified atom stereocenters. The number of phosphoric ester groups is 2. The summed E-state index contributed by atoms with van der Waals surface area (Å²) in [6.45, 7) is 11.8. The summed E-state index contributed by atoms with van der Waals surface area (Å²) in [4.78, 5) is 72.3. The summed E-state index contributed by atoms with van der Waals surface area (Å²) in [7, 11) is -9.89. The first-order chi connectivity index (χ1) is 42.3. The molecule has 0 rings (SSSR count). The van der Waals surface area contributed by atoms with Gasteiger partial charge in [0.2, 0.25) is 0 Å². The van der Waals surface area contributed by atoms with Crippen molar-refractivity contribution >= 4 is 39.5 Å². The van der Waals surface area contributed by atoms with E-state index in [1.54, 1.807) is 0 Å². The first-order valence-electron chi connectivity index (χ1n) is 35.9. The number of carbonyl (C=O) groups is 4. The van der Waals surface area contributed by atoms with Gasteiger partial charge in [-0.1, -0.05) is 292 Å². The second-order valence-electron chi connectivity index (χ2n) is 26.1. The van der Waals surface area contributed by atoms with Crippen LogP contribution in [0.25, 0.3) is 0 Å². The Morgan fingerprint density at radius 2 is 0.580 bits per heavy atom. The van der Waals surface area contributed by atoms with Gasteiger partial charge in [0.25, 0.3) is 0 Å². The molecule has 0 fully saturated rings. The molecule has 0 aromatic carbocycles. The van der Waals surface area contributed by atoms with E-state index in [0.29, 0.717) is 31.6 Å². The molecule has 6 atom stereocenters. The summed E-state index contributed by atoms with van der Waals surface area (Å²) >= 11 is 0. The monoisotopic (exact) mass is 1300 g/mol. The lowest BCUT2D eigenvalue weighted by molar-refractivity contribution is -0.161. The summed E-state index contributed by atoms with van der Waals surface area (Å²) in [5, 5.41) is 10.6. The standard InChI is InChI=1S/C69H134O17P2/c1-8-10-11-12-26-36-43-50-66(71)79-56-64(86-69(74)53-46-39-32-25-28-34-41-48-61(5)6)58-83-87(75,76)81-54-63(70)55-82-88(77,78)84-59-65(57-80-67(72)51-44-37-30-23-20-19-21-27-33-40-47-60(3)4)85-68(73)52-45-38-31-24-18-16-14-13-15-17-22-29-35-42-49-62(7)9-2/h60-65,70H,8-59H2,1-7H3,(H,75,76)(H,77,78)/t62?,63-,64+,65+/m0/s1. The zero-order chi connectivity index (χ0) is 65.2. The topological polar surface area (TPSA) is 237 Å². The van der Waals surface area contributed by atoms with Crippen LogP contribution >= 0.6 is 15.6 Å². The van der Waals surface area contributed by atoms with E-state index in [0.717, 1.165) is 115 Å². The number of aliphatic hydroxyl groups excluding tert-OH is 1. The Hall–Kier alpha value is -1.94. The number of hydrogen-bond donors (Lipinski definition) is 3. The fraction of sp³-hybridized carbons (Fsp3) is 0.942. The van der Waals surface area contributed by atoms with E-state index in [1.807, 2.05) is 0 Å². The minimum atomic E-state index is -4.95. The molecule has 0 aliphatic carbocycles. The Morgan fingerprint density at radius 3 is 0.864 bits per heavy atom. The van der Waals surface area contributed by atoms with E-state index in [2.05, 4.69) is 48.5 Å². The second kappa shape index (κ2) is 60.0. The van der Waals surface area contributed by atoms with E-state index in [1.165, 1.54) is 141 Å². The van der Waals surface area contributed by atoms with E-state index >= 15 is 0 Å². The van der Waals surface area contributed by atoms with E-state index in [9.17, 15) is 43.2 Å². The maximum absolute atomic E-state index is 13.0. The quantitative estimate of drug-likeness (QED) is 0.0222. The number of unbranched alkanes of at least 4 members (excludes halogenated alkanes) is 34. The number of aliphatic hydroxyl groups is 1. The largest absolute Gasteiger partial charge is 0.472 e. The molecule has 0 aromatic rings. The van der Waals surface area contributed by atoms with Gasteiger partial charge >= 0.3 is 39.5 Å². The molecule has 0 spiro atoms.